The van der Waals surface area contributed by atoms with Gasteiger partial charge in [0.15, 0.2) is 0 Å². The molecule has 0 aliphatic heterocycles. The Morgan fingerprint density at radius 2 is 1.80 bits per heavy atom. The van der Waals surface area contributed by atoms with E-state index in [4.69, 9.17) is 26.7 Å². The van der Waals surface area contributed by atoms with Crippen LogP contribution in [-0.4, -0.2) is 13.2 Å². The Kier molecular flexibility index (Phi) is 5.44. The van der Waals surface area contributed by atoms with Crippen LogP contribution in [0.2, 0.25) is 0 Å². The molecule has 4 nitrogen and oxygen atoms in total. The van der Waals surface area contributed by atoms with Gasteiger partial charge in [0.1, 0.15) is 0 Å². The van der Waals surface area contributed by atoms with Gasteiger partial charge in [0.25, 0.3) is 6.64 Å². The number of nitrogens with two attached hydrogens (primary N) is 1. The summed E-state index contributed by atoms with van der Waals surface area (Å²) in [6.07, 6.45) is 0. The molecule has 3 N–H and O–H groups in total. The molecule has 62 valence electrons. The third kappa shape index (κ3) is 3.61. The third-order valence-electron chi connectivity index (χ3n) is 0.756. The fourth-order valence-corrected chi connectivity index (χ4v) is 1.99. The third-order valence-corrected chi connectivity index (χ3v) is 3.22. The molecule has 10 heavy (non-hydrogen) atoms. The fraction of sp³-hybridized carbons (Fsp3) is 1.00. The maximum Gasteiger partial charge on any atom is 0.274 e. The Morgan fingerprint density at radius 3 is 2.00 bits per heavy atom. The lowest BCUT2D eigenvalue weighted by molar-refractivity contribution is 0.258. The molecule has 0 spiro atoms. The van der Waals surface area contributed by atoms with E-state index in [1.807, 2.05) is 13.8 Å². The fourth-order valence-electron chi connectivity index (χ4n) is 0.452. The zero-order valence-electron chi connectivity index (χ0n) is 6.16. The first-order valence-electron chi connectivity index (χ1n) is 3.05. The molecule has 0 aromatic rings. The molecule has 0 fully saturated rings. The number of hydrogen-bond acceptors (Lipinski definition) is 4. The highest BCUT2D eigenvalue weighted by Gasteiger charge is 2.13. The average molecular weight is 184 g/mol. The van der Waals surface area contributed by atoms with Crippen LogP contribution in [0.1, 0.15) is 13.8 Å². The number of hydrogen-bond donors (Lipinski definition) is 2. The van der Waals surface area contributed by atoms with Gasteiger partial charge in [-0.3, -0.25) is 5.84 Å². The SMILES string of the molecule is CCOP(=S)(NN)OCC. The molecule has 0 radical (unpaired) electrons. The molecule has 0 bridgehead atoms. The number of nitrogens with one attached hydrogen (secondary N) is 1. The van der Waals surface area contributed by atoms with Crippen LogP contribution >= 0.6 is 6.64 Å². The molecule has 0 aliphatic rings. The molecular formula is C4H13N2O2PS. The van der Waals surface area contributed by atoms with Gasteiger partial charge in [0, 0.05) is 0 Å². The van der Waals surface area contributed by atoms with Crippen molar-refractivity contribution in [3.8, 4) is 0 Å². The molecular weight excluding hydrogens is 171 g/mol. The van der Waals surface area contributed by atoms with E-state index in [-0.39, 0.29) is 0 Å². The summed E-state index contributed by atoms with van der Waals surface area (Å²) in [5, 5.41) is 2.36. The molecule has 0 saturated heterocycles. The molecule has 0 aromatic heterocycles. The first-order chi connectivity index (χ1) is 4.68. The Hall–Kier alpha value is 0.490. The largest absolute Gasteiger partial charge is 0.317 e. The second-order valence-electron chi connectivity index (χ2n) is 1.46. The molecule has 0 saturated carbocycles. The van der Waals surface area contributed by atoms with Gasteiger partial charge >= 0.3 is 0 Å². The molecule has 0 aliphatic carbocycles. The predicted octanol–water partition coefficient (Wildman–Crippen LogP) is 0.747. The first-order valence-corrected chi connectivity index (χ1v) is 5.69. The summed E-state index contributed by atoms with van der Waals surface area (Å²) in [7, 11) is 0. The summed E-state index contributed by atoms with van der Waals surface area (Å²) < 4.78 is 10.2. The van der Waals surface area contributed by atoms with Crippen LogP contribution in [0.3, 0.4) is 0 Å². The standard InChI is InChI=1S/C4H13N2O2PS/c1-3-7-9(10,6-5)8-4-2/h3-5H2,1-2H3,(H,6,10). The van der Waals surface area contributed by atoms with E-state index in [0.717, 1.165) is 0 Å². The maximum absolute atomic E-state index is 5.12. The summed E-state index contributed by atoms with van der Waals surface area (Å²) in [5.41, 5.74) is 0. The van der Waals surface area contributed by atoms with Crippen LogP contribution in [0.4, 0.5) is 0 Å². The van der Waals surface area contributed by atoms with Crippen molar-refractivity contribution >= 4 is 18.4 Å². The summed E-state index contributed by atoms with van der Waals surface area (Å²) in [6, 6.07) is 0. The van der Waals surface area contributed by atoms with Crippen molar-refractivity contribution in [1.29, 1.82) is 0 Å². The van der Waals surface area contributed by atoms with Crippen LogP contribution in [0.15, 0.2) is 0 Å². The van der Waals surface area contributed by atoms with Crippen LogP contribution < -0.4 is 11.0 Å². The first kappa shape index (κ1) is 10.5. The summed E-state index contributed by atoms with van der Waals surface area (Å²) in [5.74, 6) is 5.12. The normalized spacial score (nSPS) is 11.9. The van der Waals surface area contributed by atoms with Crippen molar-refractivity contribution in [3.05, 3.63) is 0 Å². The second-order valence-corrected chi connectivity index (χ2v) is 4.67. The van der Waals surface area contributed by atoms with Crippen LogP contribution in [-0.2, 0) is 20.9 Å². The lowest BCUT2D eigenvalue weighted by Gasteiger charge is -2.18. The van der Waals surface area contributed by atoms with Gasteiger partial charge < -0.3 is 9.05 Å². The maximum atomic E-state index is 5.12. The Labute approximate surface area is 66.3 Å². The van der Waals surface area contributed by atoms with Crippen molar-refractivity contribution < 1.29 is 9.05 Å². The zero-order chi connectivity index (χ0) is 8.04. The van der Waals surface area contributed by atoms with E-state index in [2.05, 4.69) is 5.20 Å². The minimum atomic E-state index is -2.34. The van der Waals surface area contributed by atoms with E-state index in [1.165, 1.54) is 0 Å². The van der Waals surface area contributed by atoms with E-state index < -0.39 is 6.64 Å². The Morgan fingerprint density at radius 1 is 1.40 bits per heavy atom. The molecule has 0 aromatic carbocycles. The molecule has 0 heterocycles. The summed E-state index contributed by atoms with van der Waals surface area (Å²) >= 11 is 4.93. The lowest BCUT2D eigenvalue weighted by Crippen LogP contribution is -2.21. The van der Waals surface area contributed by atoms with Gasteiger partial charge in [-0.2, -0.15) is 5.20 Å². The molecule has 6 heteroatoms. The molecule has 0 rings (SSSR count). The van der Waals surface area contributed by atoms with Gasteiger partial charge in [0.05, 0.1) is 13.2 Å². The predicted molar refractivity (Wildman–Crippen MR) is 44.9 cm³/mol. The quantitative estimate of drug-likeness (QED) is 0.375. The highest BCUT2D eigenvalue weighted by Crippen LogP contribution is 2.41. The van der Waals surface area contributed by atoms with Gasteiger partial charge in [-0.25, -0.2) is 0 Å². The monoisotopic (exact) mass is 184 g/mol. The van der Waals surface area contributed by atoms with Gasteiger partial charge in [0.2, 0.25) is 0 Å². The summed E-state index contributed by atoms with van der Waals surface area (Å²) in [4.78, 5) is 0. The zero-order valence-corrected chi connectivity index (χ0v) is 7.87. The van der Waals surface area contributed by atoms with Crippen molar-refractivity contribution in [1.82, 2.24) is 5.20 Å². The average Bonchev–Trinajstić information content (AvgIpc) is 1.89. The van der Waals surface area contributed by atoms with Crippen molar-refractivity contribution in [3.63, 3.8) is 0 Å². The highest BCUT2D eigenvalue weighted by molar-refractivity contribution is 8.08. The smallest absolute Gasteiger partial charge is 0.274 e. The Balaban J connectivity index is 3.83. The summed E-state index contributed by atoms with van der Waals surface area (Å²) in [6.45, 7) is 2.38. The van der Waals surface area contributed by atoms with Crippen molar-refractivity contribution in [2.75, 3.05) is 13.2 Å². The second kappa shape index (κ2) is 5.18. The number of rotatable bonds is 5. The number of hydrazine groups is 1. The topological polar surface area (TPSA) is 56.5 Å². The minimum Gasteiger partial charge on any atom is -0.317 e. The van der Waals surface area contributed by atoms with Gasteiger partial charge in [-0.1, -0.05) is 0 Å². The van der Waals surface area contributed by atoms with E-state index in [0.29, 0.717) is 13.2 Å². The molecule has 0 atom stereocenters. The Bertz CT molecular complexity index is 122. The van der Waals surface area contributed by atoms with Crippen molar-refractivity contribution in [2.45, 2.75) is 13.8 Å². The highest BCUT2D eigenvalue weighted by atomic mass is 32.5. The molecule has 0 amide bonds. The van der Waals surface area contributed by atoms with Crippen LogP contribution in [0.25, 0.3) is 0 Å². The van der Waals surface area contributed by atoms with Gasteiger partial charge in [-0.05, 0) is 25.7 Å². The van der Waals surface area contributed by atoms with Crippen molar-refractivity contribution in [2.24, 2.45) is 5.84 Å². The van der Waals surface area contributed by atoms with Gasteiger partial charge in [-0.15, -0.1) is 0 Å². The van der Waals surface area contributed by atoms with E-state index in [1.54, 1.807) is 0 Å². The van der Waals surface area contributed by atoms with Crippen LogP contribution in [0, 0.1) is 0 Å². The minimum absolute atomic E-state index is 0.515. The van der Waals surface area contributed by atoms with E-state index >= 15 is 0 Å². The lowest BCUT2D eigenvalue weighted by atomic mass is 10.9. The van der Waals surface area contributed by atoms with Crippen LogP contribution in [0.5, 0.6) is 0 Å². The van der Waals surface area contributed by atoms with E-state index in [9.17, 15) is 0 Å². The molecule has 0 unspecified atom stereocenters.